The van der Waals surface area contributed by atoms with Crippen LogP contribution in [0.2, 0.25) is 0 Å². The van der Waals surface area contributed by atoms with E-state index in [1.807, 2.05) is 32.0 Å². The predicted molar refractivity (Wildman–Crippen MR) is 124 cm³/mol. The predicted octanol–water partition coefficient (Wildman–Crippen LogP) is 3.12. The molecule has 1 atom stereocenters. The lowest BCUT2D eigenvalue weighted by molar-refractivity contribution is -0.117. The van der Waals surface area contributed by atoms with E-state index in [2.05, 4.69) is 22.3 Å². The zero-order valence-electron chi connectivity index (χ0n) is 18.2. The maximum absolute atomic E-state index is 12.5. The highest BCUT2D eigenvalue weighted by Gasteiger charge is 2.23. The molecule has 2 aromatic rings. The van der Waals surface area contributed by atoms with E-state index >= 15 is 0 Å². The highest BCUT2D eigenvalue weighted by Crippen LogP contribution is 2.17. The van der Waals surface area contributed by atoms with Gasteiger partial charge in [-0.1, -0.05) is 56.3 Å². The molecule has 0 bridgehead atoms. The Morgan fingerprint density at radius 1 is 1.10 bits per heavy atom. The first-order valence-electron chi connectivity index (χ1n) is 10.8. The Hall–Kier alpha value is -2.48. The molecule has 1 amide bonds. The second kappa shape index (κ2) is 10.7. The summed E-state index contributed by atoms with van der Waals surface area (Å²) in [6, 6.07) is 17.1. The first kappa shape index (κ1) is 23.2. The molecule has 0 aliphatic carbocycles. The summed E-state index contributed by atoms with van der Waals surface area (Å²) >= 11 is 0. The molecule has 0 spiro atoms. The highest BCUT2D eigenvalue weighted by molar-refractivity contribution is 7.89. The number of likely N-dealkylation sites (tertiary alicyclic amines) is 1. The fourth-order valence-electron chi connectivity index (χ4n) is 3.82. The Morgan fingerprint density at radius 2 is 1.77 bits per heavy atom. The van der Waals surface area contributed by atoms with E-state index in [9.17, 15) is 13.2 Å². The smallest absolute Gasteiger partial charge is 0.244 e. The molecule has 1 N–H and O–H groups in total. The molecule has 1 aliphatic heterocycles. The third kappa shape index (κ3) is 6.26. The van der Waals surface area contributed by atoms with Gasteiger partial charge in [0.2, 0.25) is 15.9 Å². The van der Waals surface area contributed by atoms with Crippen LogP contribution in [0.5, 0.6) is 0 Å². The Morgan fingerprint density at radius 3 is 2.42 bits per heavy atom. The summed E-state index contributed by atoms with van der Waals surface area (Å²) in [5.41, 5.74) is 2.06. The fraction of sp³-hybridized carbons (Fsp3) is 0.375. The number of nitrogens with one attached hydrogen (secondary N) is 1. The summed E-state index contributed by atoms with van der Waals surface area (Å²) in [5, 5.41) is 3.06. The topological polar surface area (TPSA) is 69.7 Å². The monoisotopic (exact) mass is 441 g/mol. The van der Waals surface area contributed by atoms with Gasteiger partial charge >= 0.3 is 0 Å². The maximum atomic E-state index is 12.5. The maximum Gasteiger partial charge on any atom is 0.244 e. The SMILES string of the molecule is CCN(CC)S(=O)(=O)c1ccc(/C=C/C(=O)NC2CCN(Cc3ccccc3)C2)cc1. The minimum atomic E-state index is -3.47. The van der Waals surface area contributed by atoms with E-state index in [1.165, 1.54) is 15.9 Å². The van der Waals surface area contributed by atoms with Gasteiger partial charge in [0.15, 0.2) is 0 Å². The van der Waals surface area contributed by atoms with Crippen LogP contribution in [0.4, 0.5) is 0 Å². The van der Waals surface area contributed by atoms with Crippen LogP contribution < -0.4 is 5.32 Å². The number of hydrogen-bond donors (Lipinski definition) is 1. The molecule has 3 rings (SSSR count). The normalized spacial score (nSPS) is 17.5. The molecule has 31 heavy (non-hydrogen) atoms. The van der Waals surface area contributed by atoms with E-state index in [1.54, 1.807) is 30.3 Å². The summed E-state index contributed by atoms with van der Waals surface area (Å²) in [6.07, 6.45) is 4.15. The summed E-state index contributed by atoms with van der Waals surface area (Å²) < 4.78 is 26.5. The molecule has 1 saturated heterocycles. The van der Waals surface area contributed by atoms with Crippen molar-refractivity contribution in [2.45, 2.75) is 37.8 Å². The van der Waals surface area contributed by atoms with E-state index in [0.29, 0.717) is 13.1 Å². The second-order valence-electron chi connectivity index (χ2n) is 7.71. The highest BCUT2D eigenvalue weighted by atomic mass is 32.2. The van der Waals surface area contributed by atoms with Gasteiger partial charge in [-0.25, -0.2) is 8.42 Å². The number of amides is 1. The van der Waals surface area contributed by atoms with E-state index < -0.39 is 10.0 Å². The summed E-state index contributed by atoms with van der Waals surface area (Å²) in [5.74, 6) is -0.133. The van der Waals surface area contributed by atoms with Crippen LogP contribution in [0.25, 0.3) is 6.08 Å². The molecule has 1 fully saturated rings. The van der Waals surface area contributed by atoms with E-state index in [-0.39, 0.29) is 16.8 Å². The lowest BCUT2D eigenvalue weighted by Gasteiger charge is -2.18. The minimum Gasteiger partial charge on any atom is -0.348 e. The Kier molecular flexibility index (Phi) is 8.01. The third-order valence-corrected chi connectivity index (χ3v) is 7.58. The standard InChI is InChI=1S/C24H31N3O3S/c1-3-27(4-2)31(29,30)23-13-10-20(11-14-23)12-15-24(28)25-22-16-17-26(19-22)18-21-8-6-5-7-9-21/h5-15,22H,3-4,16-19H2,1-2H3,(H,25,28)/b15-12+. The number of rotatable bonds is 9. The van der Waals surface area contributed by atoms with Crippen molar-refractivity contribution in [2.24, 2.45) is 0 Å². The van der Waals surface area contributed by atoms with E-state index in [4.69, 9.17) is 0 Å². The van der Waals surface area contributed by atoms with Crippen LogP contribution in [0.3, 0.4) is 0 Å². The molecule has 1 heterocycles. The zero-order valence-corrected chi connectivity index (χ0v) is 19.0. The Labute approximate surface area is 185 Å². The molecular formula is C24H31N3O3S. The number of carbonyl (C=O) groups excluding carboxylic acids is 1. The first-order valence-corrected chi connectivity index (χ1v) is 12.2. The van der Waals surface area contributed by atoms with Crippen molar-refractivity contribution >= 4 is 22.0 Å². The van der Waals surface area contributed by atoms with Gasteiger partial charge in [-0.2, -0.15) is 4.31 Å². The van der Waals surface area contributed by atoms with Crippen LogP contribution in [-0.4, -0.2) is 55.8 Å². The first-order chi connectivity index (χ1) is 14.9. The van der Waals surface area contributed by atoms with E-state index in [0.717, 1.165) is 31.6 Å². The van der Waals surface area contributed by atoms with Crippen molar-refractivity contribution in [3.05, 3.63) is 71.8 Å². The van der Waals surface area contributed by atoms with Crippen molar-refractivity contribution in [3.63, 3.8) is 0 Å². The number of carbonyl (C=O) groups is 1. The molecule has 2 aromatic carbocycles. The molecule has 0 radical (unpaired) electrons. The molecule has 1 aliphatic rings. The minimum absolute atomic E-state index is 0.133. The van der Waals surface area contributed by atoms with Crippen LogP contribution >= 0.6 is 0 Å². The number of benzene rings is 2. The van der Waals surface area contributed by atoms with Gasteiger partial charge in [-0.05, 0) is 35.8 Å². The molecule has 166 valence electrons. The van der Waals surface area contributed by atoms with Gasteiger partial charge in [-0.3, -0.25) is 9.69 Å². The van der Waals surface area contributed by atoms with Crippen molar-refractivity contribution in [1.29, 1.82) is 0 Å². The summed E-state index contributed by atoms with van der Waals surface area (Å²) in [6.45, 7) is 7.21. The molecule has 0 saturated carbocycles. The zero-order chi connectivity index (χ0) is 22.3. The van der Waals surface area contributed by atoms with Crippen LogP contribution in [0, 0.1) is 0 Å². The summed E-state index contributed by atoms with van der Waals surface area (Å²) in [7, 11) is -3.47. The molecule has 0 aromatic heterocycles. The quantitative estimate of drug-likeness (QED) is 0.607. The van der Waals surface area contributed by atoms with Crippen LogP contribution in [-0.2, 0) is 21.4 Å². The molecule has 6 nitrogen and oxygen atoms in total. The average molecular weight is 442 g/mol. The molecular weight excluding hydrogens is 410 g/mol. The molecule has 1 unspecified atom stereocenters. The Bertz CT molecular complexity index is 984. The van der Waals surface area contributed by atoms with Gasteiger partial charge in [-0.15, -0.1) is 0 Å². The van der Waals surface area contributed by atoms with Crippen molar-refractivity contribution in [2.75, 3.05) is 26.2 Å². The third-order valence-electron chi connectivity index (χ3n) is 5.52. The van der Waals surface area contributed by atoms with Crippen molar-refractivity contribution < 1.29 is 13.2 Å². The number of sulfonamides is 1. The Balaban J connectivity index is 1.51. The lowest BCUT2D eigenvalue weighted by atomic mass is 10.2. The molecule has 7 heteroatoms. The fourth-order valence-corrected chi connectivity index (χ4v) is 5.28. The van der Waals surface area contributed by atoms with Crippen molar-refractivity contribution in [3.8, 4) is 0 Å². The number of hydrogen-bond acceptors (Lipinski definition) is 4. The largest absolute Gasteiger partial charge is 0.348 e. The average Bonchev–Trinajstić information content (AvgIpc) is 3.20. The second-order valence-corrected chi connectivity index (χ2v) is 9.64. The van der Waals surface area contributed by atoms with Gasteiger partial charge in [0.25, 0.3) is 0 Å². The van der Waals surface area contributed by atoms with Gasteiger partial charge in [0, 0.05) is 44.8 Å². The van der Waals surface area contributed by atoms with Gasteiger partial charge < -0.3 is 5.32 Å². The lowest BCUT2D eigenvalue weighted by Crippen LogP contribution is -2.35. The number of nitrogens with zero attached hydrogens (tertiary/aromatic N) is 2. The van der Waals surface area contributed by atoms with Crippen LogP contribution in [0.1, 0.15) is 31.4 Å². The summed E-state index contributed by atoms with van der Waals surface area (Å²) in [4.78, 5) is 14.9. The van der Waals surface area contributed by atoms with Crippen LogP contribution in [0.15, 0.2) is 65.6 Å². The van der Waals surface area contributed by atoms with Gasteiger partial charge in [0.05, 0.1) is 4.90 Å². The van der Waals surface area contributed by atoms with Crippen molar-refractivity contribution in [1.82, 2.24) is 14.5 Å². The van der Waals surface area contributed by atoms with Gasteiger partial charge in [0.1, 0.15) is 0 Å².